The molecule has 3 heterocycles. The lowest BCUT2D eigenvalue weighted by atomic mass is 10.1. The maximum Gasteiger partial charge on any atom is 0.221 e. The third kappa shape index (κ3) is 3.46. The van der Waals surface area contributed by atoms with Crippen LogP contribution in [0.2, 0.25) is 0 Å². The maximum atomic E-state index is 11.5. The van der Waals surface area contributed by atoms with Crippen molar-refractivity contribution in [3.63, 3.8) is 0 Å². The molecule has 0 aliphatic carbocycles. The van der Waals surface area contributed by atoms with Gasteiger partial charge in [-0.2, -0.15) is 5.10 Å². The summed E-state index contributed by atoms with van der Waals surface area (Å²) in [5.41, 5.74) is 3.11. The predicted octanol–water partition coefficient (Wildman–Crippen LogP) is 1.18. The van der Waals surface area contributed by atoms with Gasteiger partial charge < -0.3 is 14.8 Å². The second-order valence-corrected chi connectivity index (χ2v) is 6.41. The van der Waals surface area contributed by atoms with E-state index in [-0.39, 0.29) is 5.91 Å². The van der Waals surface area contributed by atoms with Crippen molar-refractivity contribution < 1.29 is 14.3 Å². The van der Waals surface area contributed by atoms with Crippen molar-refractivity contribution in [3.05, 3.63) is 30.0 Å². The van der Waals surface area contributed by atoms with E-state index in [0.29, 0.717) is 26.2 Å². The van der Waals surface area contributed by atoms with Gasteiger partial charge in [-0.25, -0.2) is 0 Å². The van der Waals surface area contributed by atoms with E-state index in [1.165, 1.54) is 0 Å². The van der Waals surface area contributed by atoms with Gasteiger partial charge in [-0.1, -0.05) is 0 Å². The first-order chi connectivity index (χ1) is 12.2. The molecule has 0 unspecified atom stereocenters. The van der Waals surface area contributed by atoms with Crippen LogP contribution in [-0.2, 0) is 18.4 Å². The molecule has 1 aromatic carbocycles. The van der Waals surface area contributed by atoms with E-state index in [0.717, 1.165) is 48.0 Å². The smallest absolute Gasteiger partial charge is 0.221 e. The molecule has 1 saturated heterocycles. The third-order valence-corrected chi connectivity index (χ3v) is 4.52. The van der Waals surface area contributed by atoms with Crippen LogP contribution < -0.4 is 14.8 Å². The average molecular weight is 342 g/mol. The molecule has 132 valence electrons. The van der Waals surface area contributed by atoms with Gasteiger partial charge in [-0.15, -0.1) is 0 Å². The minimum Gasteiger partial charge on any atom is -0.486 e. The standard InChI is InChI=1S/C18H22N4O3/c1-21-11-14(12-22-6-4-17(23)19-5-7-22)18(20-21)13-2-3-15-16(10-13)25-9-8-24-15/h2-3,10-11H,4-9,12H2,1H3,(H,19,23). The summed E-state index contributed by atoms with van der Waals surface area (Å²) in [6.07, 6.45) is 2.59. The SMILES string of the molecule is Cn1cc(CN2CCNC(=O)CC2)c(-c2ccc3c(c2)OCCO3)n1. The molecule has 25 heavy (non-hydrogen) atoms. The number of carbonyl (C=O) groups is 1. The molecule has 4 rings (SSSR count). The van der Waals surface area contributed by atoms with Gasteiger partial charge in [0.1, 0.15) is 13.2 Å². The van der Waals surface area contributed by atoms with Crippen LogP contribution in [0.5, 0.6) is 11.5 Å². The first-order valence-electron chi connectivity index (χ1n) is 8.60. The molecule has 2 aliphatic heterocycles. The largest absolute Gasteiger partial charge is 0.486 e. The van der Waals surface area contributed by atoms with Gasteiger partial charge in [0.05, 0.1) is 5.69 Å². The molecule has 2 aromatic rings. The molecule has 0 spiro atoms. The Morgan fingerprint density at radius 1 is 1.20 bits per heavy atom. The molecule has 2 aliphatic rings. The van der Waals surface area contributed by atoms with Crippen LogP contribution in [0.3, 0.4) is 0 Å². The zero-order chi connectivity index (χ0) is 17.2. The number of nitrogens with zero attached hydrogens (tertiary/aromatic N) is 3. The lowest BCUT2D eigenvalue weighted by Crippen LogP contribution is -2.28. The first-order valence-corrected chi connectivity index (χ1v) is 8.60. The molecule has 1 aromatic heterocycles. The van der Waals surface area contributed by atoms with E-state index < -0.39 is 0 Å². The van der Waals surface area contributed by atoms with Crippen LogP contribution in [0.25, 0.3) is 11.3 Å². The Bertz CT molecular complexity index is 787. The van der Waals surface area contributed by atoms with Crippen LogP contribution in [0.4, 0.5) is 0 Å². The summed E-state index contributed by atoms with van der Waals surface area (Å²) in [6, 6.07) is 5.96. The molecule has 1 fully saturated rings. The molecular weight excluding hydrogens is 320 g/mol. The number of ether oxygens (including phenoxy) is 2. The summed E-state index contributed by atoms with van der Waals surface area (Å²) >= 11 is 0. The minimum absolute atomic E-state index is 0.126. The van der Waals surface area contributed by atoms with Gasteiger partial charge >= 0.3 is 0 Å². The fraction of sp³-hybridized carbons (Fsp3) is 0.444. The van der Waals surface area contributed by atoms with Gasteiger partial charge in [0.25, 0.3) is 0 Å². The van der Waals surface area contributed by atoms with Crippen molar-refractivity contribution in [3.8, 4) is 22.8 Å². The lowest BCUT2D eigenvalue weighted by Gasteiger charge is -2.20. The van der Waals surface area contributed by atoms with Crippen LogP contribution in [0.15, 0.2) is 24.4 Å². The second kappa shape index (κ2) is 6.76. The Balaban J connectivity index is 1.59. The van der Waals surface area contributed by atoms with Crippen LogP contribution in [0, 0.1) is 0 Å². The quantitative estimate of drug-likeness (QED) is 0.907. The lowest BCUT2D eigenvalue weighted by molar-refractivity contribution is -0.120. The van der Waals surface area contributed by atoms with Crippen molar-refractivity contribution in [1.82, 2.24) is 20.0 Å². The number of fused-ring (bicyclic) bond motifs is 1. The molecule has 7 heteroatoms. The molecule has 0 atom stereocenters. The van der Waals surface area contributed by atoms with Crippen LogP contribution in [0.1, 0.15) is 12.0 Å². The highest BCUT2D eigenvalue weighted by atomic mass is 16.6. The molecule has 0 bridgehead atoms. The Hall–Kier alpha value is -2.54. The molecule has 7 nitrogen and oxygen atoms in total. The number of benzene rings is 1. The summed E-state index contributed by atoms with van der Waals surface area (Å²) < 4.78 is 13.1. The number of carbonyl (C=O) groups excluding carboxylic acids is 1. The molecule has 1 N–H and O–H groups in total. The second-order valence-electron chi connectivity index (χ2n) is 6.41. The Morgan fingerprint density at radius 3 is 2.92 bits per heavy atom. The monoisotopic (exact) mass is 342 g/mol. The normalized spacial score (nSPS) is 17.9. The first kappa shape index (κ1) is 16.0. The Kier molecular flexibility index (Phi) is 4.31. The number of aryl methyl sites for hydroxylation is 1. The maximum absolute atomic E-state index is 11.5. The fourth-order valence-corrected chi connectivity index (χ4v) is 3.30. The van der Waals surface area contributed by atoms with Crippen molar-refractivity contribution in [2.24, 2.45) is 7.05 Å². The summed E-state index contributed by atoms with van der Waals surface area (Å²) in [6.45, 7) is 4.23. The number of nitrogens with one attached hydrogen (secondary N) is 1. The van der Waals surface area contributed by atoms with E-state index in [2.05, 4.69) is 15.3 Å². The summed E-state index contributed by atoms with van der Waals surface area (Å²) in [4.78, 5) is 13.8. The number of rotatable bonds is 3. The van der Waals surface area contributed by atoms with Gasteiger partial charge in [-0.05, 0) is 18.2 Å². The van der Waals surface area contributed by atoms with Crippen molar-refractivity contribution in [1.29, 1.82) is 0 Å². The van der Waals surface area contributed by atoms with E-state index in [1.54, 1.807) is 0 Å². The Labute approximate surface area is 146 Å². The topological polar surface area (TPSA) is 68.6 Å². The highest BCUT2D eigenvalue weighted by Gasteiger charge is 2.19. The van der Waals surface area contributed by atoms with Gasteiger partial charge in [-0.3, -0.25) is 14.4 Å². The van der Waals surface area contributed by atoms with E-state index >= 15 is 0 Å². The average Bonchev–Trinajstić information content (AvgIpc) is 2.86. The van der Waals surface area contributed by atoms with Crippen molar-refractivity contribution in [2.45, 2.75) is 13.0 Å². The van der Waals surface area contributed by atoms with E-state index in [4.69, 9.17) is 9.47 Å². The molecular formula is C18H22N4O3. The number of amides is 1. The minimum atomic E-state index is 0.126. The number of hydrogen-bond donors (Lipinski definition) is 1. The zero-order valence-corrected chi connectivity index (χ0v) is 14.3. The summed E-state index contributed by atoms with van der Waals surface area (Å²) in [5, 5.41) is 7.56. The fourth-order valence-electron chi connectivity index (χ4n) is 3.30. The van der Waals surface area contributed by atoms with Gasteiger partial charge in [0, 0.05) is 57.0 Å². The third-order valence-electron chi connectivity index (χ3n) is 4.52. The van der Waals surface area contributed by atoms with Gasteiger partial charge in [0.15, 0.2) is 11.5 Å². The predicted molar refractivity (Wildman–Crippen MR) is 92.5 cm³/mol. The van der Waals surface area contributed by atoms with Crippen molar-refractivity contribution in [2.75, 3.05) is 32.8 Å². The van der Waals surface area contributed by atoms with E-state index in [1.807, 2.05) is 36.1 Å². The zero-order valence-electron chi connectivity index (χ0n) is 14.3. The summed E-state index contributed by atoms with van der Waals surface area (Å²) in [5.74, 6) is 1.68. The van der Waals surface area contributed by atoms with Gasteiger partial charge in [0.2, 0.25) is 5.91 Å². The highest BCUT2D eigenvalue weighted by molar-refractivity contribution is 5.76. The van der Waals surface area contributed by atoms with Crippen LogP contribution in [-0.4, -0.2) is 53.4 Å². The summed E-state index contributed by atoms with van der Waals surface area (Å²) in [7, 11) is 1.93. The number of hydrogen-bond acceptors (Lipinski definition) is 5. The number of aromatic nitrogens is 2. The molecule has 1 amide bonds. The van der Waals surface area contributed by atoms with E-state index in [9.17, 15) is 4.79 Å². The van der Waals surface area contributed by atoms with Crippen molar-refractivity contribution >= 4 is 5.91 Å². The Morgan fingerprint density at radius 2 is 2.04 bits per heavy atom. The molecule has 0 saturated carbocycles. The highest BCUT2D eigenvalue weighted by Crippen LogP contribution is 2.35. The molecule has 0 radical (unpaired) electrons. The van der Waals surface area contributed by atoms with Crippen LogP contribution >= 0.6 is 0 Å².